The van der Waals surface area contributed by atoms with Gasteiger partial charge in [0.2, 0.25) is 0 Å². The average Bonchev–Trinajstić information content (AvgIpc) is 2.27. The quantitative estimate of drug-likeness (QED) is 0.460. The highest BCUT2D eigenvalue weighted by molar-refractivity contribution is 5.88. The van der Waals surface area contributed by atoms with Gasteiger partial charge in [-0.25, -0.2) is 4.79 Å². The van der Waals surface area contributed by atoms with Crippen molar-refractivity contribution < 1.29 is 30.0 Å². The van der Waals surface area contributed by atoms with E-state index in [0.29, 0.717) is 0 Å². The predicted octanol–water partition coefficient (Wildman–Crippen LogP) is -0.164. The Balaban J connectivity index is 3.03. The largest absolute Gasteiger partial charge is 0.481 e. The second-order valence-corrected chi connectivity index (χ2v) is 3.76. The number of anilines is 1. The number of aliphatic hydroxyl groups excluding tert-OH is 2. The van der Waals surface area contributed by atoms with Crippen LogP contribution < -0.4 is 5.73 Å². The highest BCUT2D eigenvalue weighted by Gasteiger charge is 2.23. The molecule has 7 nitrogen and oxygen atoms in total. The molecule has 0 spiro atoms. The molecule has 0 amide bonds. The van der Waals surface area contributed by atoms with Gasteiger partial charge in [0, 0.05) is 11.3 Å². The summed E-state index contributed by atoms with van der Waals surface area (Å²) >= 11 is 0. The number of hydrogen-bond acceptors (Lipinski definition) is 5. The van der Waals surface area contributed by atoms with Crippen LogP contribution in [0.25, 0.3) is 0 Å². The predicted molar refractivity (Wildman–Crippen MR) is 61.0 cm³/mol. The van der Waals surface area contributed by atoms with Crippen molar-refractivity contribution in [2.45, 2.75) is 18.6 Å². The van der Waals surface area contributed by atoms with E-state index in [1.165, 1.54) is 12.1 Å². The van der Waals surface area contributed by atoms with Crippen LogP contribution in [-0.2, 0) is 4.79 Å². The molecule has 0 aromatic heterocycles. The number of carboxylic acid groups (broad SMARTS) is 2. The number of hydrogen-bond donors (Lipinski definition) is 5. The van der Waals surface area contributed by atoms with Gasteiger partial charge in [-0.05, 0) is 18.2 Å². The third kappa shape index (κ3) is 3.19. The van der Waals surface area contributed by atoms with Crippen molar-refractivity contribution >= 4 is 17.6 Å². The van der Waals surface area contributed by atoms with Crippen LogP contribution in [0.5, 0.6) is 0 Å². The lowest BCUT2D eigenvalue weighted by Crippen LogP contribution is -2.22. The minimum atomic E-state index is -1.56. The summed E-state index contributed by atoms with van der Waals surface area (Å²) in [6, 6.07) is 3.63. The van der Waals surface area contributed by atoms with E-state index in [1.807, 2.05) is 0 Å². The molecular formula is C11H13NO6. The zero-order valence-electron chi connectivity index (χ0n) is 9.28. The van der Waals surface area contributed by atoms with Crippen molar-refractivity contribution in [3.63, 3.8) is 0 Å². The van der Waals surface area contributed by atoms with Crippen LogP contribution in [0.1, 0.15) is 28.4 Å². The number of carbonyl (C=O) groups is 2. The monoisotopic (exact) mass is 255 g/mol. The molecule has 7 heteroatoms. The van der Waals surface area contributed by atoms with Crippen molar-refractivity contribution in [2.75, 3.05) is 5.73 Å². The van der Waals surface area contributed by atoms with E-state index in [0.717, 1.165) is 6.07 Å². The first-order valence-corrected chi connectivity index (χ1v) is 5.03. The van der Waals surface area contributed by atoms with E-state index in [2.05, 4.69) is 0 Å². The minimum absolute atomic E-state index is 0.0105. The Morgan fingerprint density at radius 3 is 2.33 bits per heavy atom. The van der Waals surface area contributed by atoms with E-state index in [9.17, 15) is 19.8 Å². The van der Waals surface area contributed by atoms with Crippen molar-refractivity contribution in [3.05, 3.63) is 29.3 Å². The van der Waals surface area contributed by atoms with Gasteiger partial charge >= 0.3 is 11.9 Å². The Kier molecular flexibility index (Phi) is 4.24. The van der Waals surface area contributed by atoms with Gasteiger partial charge < -0.3 is 26.2 Å². The molecule has 0 saturated heterocycles. The Hall–Kier alpha value is -2.12. The van der Waals surface area contributed by atoms with Gasteiger partial charge in [-0.1, -0.05) is 0 Å². The molecule has 0 fully saturated rings. The Morgan fingerprint density at radius 1 is 1.22 bits per heavy atom. The zero-order chi connectivity index (χ0) is 13.9. The fourth-order valence-electron chi connectivity index (χ4n) is 1.46. The number of carboxylic acids is 2. The zero-order valence-corrected chi connectivity index (χ0v) is 9.28. The van der Waals surface area contributed by atoms with Gasteiger partial charge in [0.15, 0.2) is 0 Å². The van der Waals surface area contributed by atoms with Crippen LogP contribution >= 0.6 is 0 Å². The fourth-order valence-corrected chi connectivity index (χ4v) is 1.46. The average molecular weight is 255 g/mol. The molecule has 98 valence electrons. The van der Waals surface area contributed by atoms with Gasteiger partial charge in [0.25, 0.3) is 0 Å². The summed E-state index contributed by atoms with van der Waals surface area (Å²) in [6.45, 7) is 0. The van der Waals surface area contributed by atoms with Crippen LogP contribution in [-0.4, -0.2) is 38.5 Å². The molecule has 18 heavy (non-hydrogen) atoms. The summed E-state index contributed by atoms with van der Waals surface area (Å²) in [5.74, 6) is -2.49. The van der Waals surface area contributed by atoms with Gasteiger partial charge in [-0.2, -0.15) is 0 Å². The van der Waals surface area contributed by atoms with Gasteiger partial charge in [-0.3, -0.25) is 4.79 Å². The first-order valence-electron chi connectivity index (χ1n) is 5.03. The maximum absolute atomic E-state index is 10.8. The van der Waals surface area contributed by atoms with E-state index in [-0.39, 0.29) is 16.8 Å². The minimum Gasteiger partial charge on any atom is -0.481 e. The maximum Gasteiger partial charge on any atom is 0.335 e. The second kappa shape index (κ2) is 5.48. The molecule has 0 aliphatic rings. The highest BCUT2D eigenvalue weighted by Crippen LogP contribution is 2.25. The van der Waals surface area contributed by atoms with Crippen LogP contribution in [0, 0.1) is 0 Å². The number of aliphatic carboxylic acids is 1. The molecule has 0 bridgehead atoms. The number of rotatable bonds is 5. The summed E-state index contributed by atoms with van der Waals surface area (Å²) in [4.78, 5) is 21.2. The van der Waals surface area contributed by atoms with Crippen LogP contribution in [0.15, 0.2) is 18.2 Å². The van der Waals surface area contributed by atoms with Crippen LogP contribution in [0.2, 0.25) is 0 Å². The Labute approximate surface area is 102 Å². The molecule has 2 atom stereocenters. The third-order valence-corrected chi connectivity index (χ3v) is 2.40. The smallest absolute Gasteiger partial charge is 0.335 e. The van der Waals surface area contributed by atoms with Crippen molar-refractivity contribution in [3.8, 4) is 0 Å². The summed E-state index contributed by atoms with van der Waals surface area (Å²) in [6.07, 6.45) is -3.79. The standard InChI is InChI=1S/C11H13NO6/c12-7-2-1-5(11(17)18)3-6(7)10(16)8(13)4-9(14)15/h1-3,8,10,13,16H,4,12H2,(H,14,15)(H,17,18). The lowest BCUT2D eigenvalue weighted by molar-refractivity contribution is -0.141. The normalized spacial score (nSPS) is 13.9. The maximum atomic E-state index is 10.8. The molecule has 1 aromatic carbocycles. The topological polar surface area (TPSA) is 141 Å². The summed E-state index contributed by atoms with van der Waals surface area (Å²) in [5, 5.41) is 36.5. The van der Waals surface area contributed by atoms with E-state index >= 15 is 0 Å². The Morgan fingerprint density at radius 2 is 1.83 bits per heavy atom. The lowest BCUT2D eigenvalue weighted by atomic mass is 9.98. The van der Waals surface area contributed by atoms with E-state index in [4.69, 9.17) is 15.9 Å². The molecule has 0 radical (unpaired) electrons. The van der Waals surface area contributed by atoms with E-state index in [1.54, 1.807) is 0 Å². The molecule has 2 unspecified atom stereocenters. The SMILES string of the molecule is Nc1ccc(C(=O)O)cc1C(O)C(O)CC(=O)O. The fraction of sp³-hybridized carbons (Fsp3) is 0.273. The molecular weight excluding hydrogens is 242 g/mol. The molecule has 0 heterocycles. The van der Waals surface area contributed by atoms with Crippen LogP contribution in [0.4, 0.5) is 5.69 Å². The Bertz CT molecular complexity index is 473. The van der Waals surface area contributed by atoms with Gasteiger partial charge in [0.05, 0.1) is 18.1 Å². The number of nitrogens with two attached hydrogens (primary N) is 1. The molecule has 1 aromatic rings. The molecule has 0 saturated carbocycles. The van der Waals surface area contributed by atoms with Crippen LogP contribution in [0.3, 0.4) is 0 Å². The molecule has 0 aliphatic carbocycles. The number of benzene rings is 1. The summed E-state index contributed by atoms with van der Waals surface area (Å²) < 4.78 is 0. The number of nitrogen functional groups attached to an aromatic ring is 1. The van der Waals surface area contributed by atoms with Crippen molar-refractivity contribution in [1.29, 1.82) is 0 Å². The summed E-state index contributed by atoms with van der Waals surface area (Å²) in [7, 11) is 0. The third-order valence-electron chi connectivity index (χ3n) is 2.40. The highest BCUT2D eigenvalue weighted by atomic mass is 16.4. The summed E-state index contributed by atoms with van der Waals surface area (Å²) in [5.41, 5.74) is 5.51. The molecule has 1 rings (SSSR count). The van der Waals surface area contributed by atoms with Gasteiger partial charge in [-0.15, -0.1) is 0 Å². The van der Waals surface area contributed by atoms with Crippen molar-refractivity contribution in [2.24, 2.45) is 0 Å². The lowest BCUT2D eigenvalue weighted by Gasteiger charge is -2.18. The first kappa shape index (κ1) is 13.9. The number of aromatic carboxylic acids is 1. The molecule has 6 N–H and O–H groups in total. The van der Waals surface area contributed by atoms with Gasteiger partial charge in [0.1, 0.15) is 6.10 Å². The number of aliphatic hydroxyl groups is 2. The van der Waals surface area contributed by atoms with E-state index < -0.39 is 30.6 Å². The second-order valence-electron chi connectivity index (χ2n) is 3.76. The molecule has 0 aliphatic heterocycles. The van der Waals surface area contributed by atoms with Crippen molar-refractivity contribution in [1.82, 2.24) is 0 Å². The first-order chi connectivity index (χ1) is 8.32.